The molecule has 0 fully saturated rings. The molecule has 2 heterocycles. The Morgan fingerprint density at radius 1 is 1.20 bits per heavy atom. The molecule has 2 aromatic carbocycles. The minimum Gasteiger partial charge on any atom is -0.373 e. The molecule has 0 spiro atoms. The lowest BCUT2D eigenvalue weighted by molar-refractivity contribution is 0.0527. The molecule has 30 heavy (non-hydrogen) atoms. The van der Waals surface area contributed by atoms with Crippen LogP contribution < -0.4 is 10.9 Å². The fraction of sp³-hybridized carbons (Fsp3) is 0.200. The summed E-state index contributed by atoms with van der Waals surface area (Å²) in [6, 6.07) is 5.33. The summed E-state index contributed by atoms with van der Waals surface area (Å²) in [6.07, 6.45) is 0. The van der Waals surface area contributed by atoms with Gasteiger partial charge in [-0.1, -0.05) is 29.3 Å². The first-order valence-electron chi connectivity index (χ1n) is 8.86. The van der Waals surface area contributed by atoms with Crippen molar-refractivity contribution < 1.29 is 18.3 Å². The van der Waals surface area contributed by atoms with E-state index < -0.39 is 29.3 Å². The molecule has 0 radical (unpaired) electrons. The number of fused-ring (bicyclic) bond motifs is 3. The Labute approximate surface area is 179 Å². The van der Waals surface area contributed by atoms with Gasteiger partial charge in [0.15, 0.2) is 5.82 Å². The first-order valence-corrected chi connectivity index (χ1v) is 9.62. The van der Waals surface area contributed by atoms with E-state index in [-0.39, 0.29) is 34.3 Å². The summed E-state index contributed by atoms with van der Waals surface area (Å²) < 4.78 is 32.8. The molecule has 6 nitrogen and oxygen atoms in total. The highest BCUT2D eigenvalue weighted by Gasteiger charge is 2.30. The Kier molecular flexibility index (Phi) is 5.40. The number of pyridine rings is 1. The number of hydrogen-bond acceptors (Lipinski definition) is 3. The topological polar surface area (TPSA) is 74.4 Å². The average molecular weight is 454 g/mol. The van der Waals surface area contributed by atoms with E-state index in [1.54, 1.807) is 7.05 Å². The number of nitrogens with one attached hydrogen (secondary N) is 2. The van der Waals surface area contributed by atoms with E-state index in [1.165, 1.54) is 29.2 Å². The maximum absolute atomic E-state index is 13.7. The fourth-order valence-corrected chi connectivity index (χ4v) is 4.00. The quantitative estimate of drug-likeness (QED) is 0.544. The molecule has 1 aliphatic rings. The smallest absolute Gasteiger partial charge is 0.322 e. The van der Waals surface area contributed by atoms with Crippen LogP contribution in [0.15, 0.2) is 35.1 Å². The number of amides is 2. The molecular weight excluding hydrogens is 439 g/mol. The van der Waals surface area contributed by atoms with Gasteiger partial charge in [-0.05, 0) is 29.7 Å². The summed E-state index contributed by atoms with van der Waals surface area (Å²) in [5.74, 6) is -1.31. The number of anilines is 1. The second-order valence-corrected chi connectivity index (χ2v) is 7.68. The molecule has 3 aromatic rings. The van der Waals surface area contributed by atoms with E-state index in [9.17, 15) is 18.4 Å². The maximum atomic E-state index is 13.7. The molecule has 1 aromatic heterocycles. The summed E-state index contributed by atoms with van der Waals surface area (Å²) in [6.45, 7) is 0.327. The predicted octanol–water partition coefficient (Wildman–Crippen LogP) is 4.85. The van der Waals surface area contributed by atoms with Gasteiger partial charge in [-0.25, -0.2) is 13.6 Å². The van der Waals surface area contributed by atoms with Crippen molar-refractivity contribution in [2.75, 3.05) is 19.0 Å². The van der Waals surface area contributed by atoms with Crippen LogP contribution in [0.4, 0.5) is 19.3 Å². The molecule has 4 rings (SSSR count). The lowest BCUT2D eigenvalue weighted by Crippen LogP contribution is -2.39. The van der Waals surface area contributed by atoms with Crippen molar-refractivity contribution in [2.45, 2.75) is 12.6 Å². The van der Waals surface area contributed by atoms with Gasteiger partial charge in [0.2, 0.25) is 0 Å². The summed E-state index contributed by atoms with van der Waals surface area (Å²) >= 11 is 11.6. The van der Waals surface area contributed by atoms with Gasteiger partial charge in [-0.15, -0.1) is 0 Å². The minimum atomic E-state index is -0.776. The van der Waals surface area contributed by atoms with Crippen molar-refractivity contribution >= 4 is 45.7 Å². The first-order chi connectivity index (χ1) is 14.3. The third kappa shape index (κ3) is 3.62. The summed E-state index contributed by atoms with van der Waals surface area (Å²) in [5, 5.41) is 2.89. The van der Waals surface area contributed by atoms with Gasteiger partial charge in [-0.3, -0.25) is 4.79 Å². The van der Waals surface area contributed by atoms with Crippen LogP contribution >= 0.6 is 23.2 Å². The van der Waals surface area contributed by atoms with Gasteiger partial charge >= 0.3 is 6.03 Å². The number of hydrogen-bond donors (Lipinski definition) is 2. The third-order valence-electron chi connectivity index (χ3n) is 4.98. The molecule has 10 heteroatoms. The highest BCUT2D eigenvalue weighted by atomic mass is 35.5. The zero-order valence-corrected chi connectivity index (χ0v) is 17.1. The first kappa shape index (κ1) is 20.6. The van der Waals surface area contributed by atoms with Crippen molar-refractivity contribution in [1.82, 2.24) is 9.88 Å². The Morgan fingerprint density at radius 2 is 1.90 bits per heavy atom. The third-order valence-corrected chi connectivity index (χ3v) is 5.53. The summed E-state index contributed by atoms with van der Waals surface area (Å²) in [5.41, 5.74) is 0.968. The number of H-pyrrole nitrogens is 1. The number of benzene rings is 2. The van der Waals surface area contributed by atoms with Crippen molar-refractivity contribution in [3.63, 3.8) is 0 Å². The number of carbonyl (C=O) groups is 1. The lowest BCUT2D eigenvalue weighted by atomic mass is 9.96. The molecular formula is C20H15Cl2F2N3O3. The number of ether oxygens (including phenoxy) is 1. The van der Waals surface area contributed by atoms with Crippen molar-refractivity contribution in [3.8, 4) is 0 Å². The zero-order valence-electron chi connectivity index (χ0n) is 15.6. The number of likely N-dealkylation sites (N-methyl/N-ethyl adjacent to an activating group) is 1. The van der Waals surface area contributed by atoms with Gasteiger partial charge < -0.3 is 19.9 Å². The van der Waals surface area contributed by atoms with Gasteiger partial charge in [-0.2, -0.15) is 0 Å². The summed E-state index contributed by atoms with van der Waals surface area (Å²) in [4.78, 5) is 29.2. The number of urea groups is 1. The van der Waals surface area contributed by atoms with Crippen LogP contribution in [-0.4, -0.2) is 29.6 Å². The highest BCUT2D eigenvalue weighted by molar-refractivity contribution is 6.35. The zero-order chi connectivity index (χ0) is 21.6. The van der Waals surface area contributed by atoms with Crippen LogP contribution in [0.25, 0.3) is 10.8 Å². The Hall–Kier alpha value is -2.68. The van der Waals surface area contributed by atoms with E-state index in [4.69, 9.17) is 27.9 Å². The Morgan fingerprint density at radius 3 is 2.60 bits per heavy atom. The van der Waals surface area contributed by atoms with E-state index in [0.29, 0.717) is 16.6 Å². The van der Waals surface area contributed by atoms with Gasteiger partial charge in [0, 0.05) is 24.0 Å². The van der Waals surface area contributed by atoms with Crippen molar-refractivity contribution in [3.05, 3.63) is 73.6 Å². The lowest BCUT2D eigenvalue weighted by Gasteiger charge is -2.33. The van der Waals surface area contributed by atoms with Crippen LogP contribution in [0.3, 0.4) is 0 Å². The van der Waals surface area contributed by atoms with Crippen LogP contribution in [0, 0.1) is 11.6 Å². The SMILES string of the molecule is CN(C(=O)Nc1cc(Cl)c(F)c(Cl)c1)[C@H]1COCc2[nH]c(=O)c3cc(F)ccc3c21. The van der Waals surface area contributed by atoms with E-state index in [2.05, 4.69) is 10.3 Å². The Balaban J connectivity index is 1.70. The second kappa shape index (κ2) is 7.86. The molecule has 0 saturated carbocycles. The van der Waals surface area contributed by atoms with Crippen molar-refractivity contribution in [1.29, 1.82) is 0 Å². The average Bonchev–Trinajstić information content (AvgIpc) is 2.71. The molecule has 0 bridgehead atoms. The van der Waals surface area contributed by atoms with Crippen molar-refractivity contribution in [2.24, 2.45) is 0 Å². The van der Waals surface area contributed by atoms with E-state index in [1.807, 2.05) is 0 Å². The number of rotatable bonds is 2. The molecule has 2 amide bonds. The number of aromatic nitrogens is 1. The molecule has 1 atom stereocenters. The predicted molar refractivity (Wildman–Crippen MR) is 110 cm³/mol. The molecule has 0 aliphatic carbocycles. The normalized spacial score (nSPS) is 15.7. The van der Waals surface area contributed by atoms with Crippen LogP contribution in [-0.2, 0) is 11.3 Å². The van der Waals surface area contributed by atoms with Crippen LogP contribution in [0.1, 0.15) is 17.3 Å². The number of aromatic amines is 1. The number of halogens is 4. The molecule has 2 N–H and O–H groups in total. The van der Waals surface area contributed by atoms with E-state index >= 15 is 0 Å². The van der Waals surface area contributed by atoms with Crippen LogP contribution in [0.5, 0.6) is 0 Å². The fourth-order valence-electron chi connectivity index (χ4n) is 3.51. The van der Waals surface area contributed by atoms with Gasteiger partial charge in [0.25, 0.3) is 5.56 Å². The van der Waals surface area contributed by atoms with Gasteiger partial charge in [0.1, 0.15) is 5.82 Å². The molecule has 0 unspecified atom stereocenters. The van der Waals surface area contributed by atoms with Gasteiger partial charge in [0.05, 0.1) is 34.7 Å². The highest BCUT2D eigenvalue weighted by Crippen LogP contribution is 2.34. The molecule has 0 saturated heterocycles. The summed E-state index contributed by atoms with van der Waals surface area (Å²) in [7, 11) is 1.55. The standard InChI is InChI=1S/C20H15Cl2F2N3O3/c1-27(20(29)25-10-5-13(21)18(24)14(22)6-10)16-8-30-7-15-17(16)11-3-2-9(23)4-12(11)19(28)26-15/h2-6,16H,7-8H2,1H3,(H,25,29)(H,26,28)/t16-/m0/s1. The molecule has 1 aliphatic heterocycles. The molecule has 156 valence electrons. The Bertz CT molecular complexity index is 1210. The largest absolute Gasteiger partial charge is 0.373 e. The van der Waals surface area contributed by atoms with E-state index in [0.717, 1.165) is 6.07 Å². The monoisotopic (exact) mass is 453 g/mol. The minimum absolute atomic E-state index is 0.160. The number of nitrogens with zero attached hydrogens (tertiary/aromatic N) is 1. The second-order valence-electron chi connectivity index (χ2n) is 6.86. The number of carbonyl (C=O) groups excluding carboxylic acids is 1. The van der Waals surface area contributed by atoms with Crippen LogP contribution in [0.2, 0.25) is 10.0 Å². The maximum Gasteiger partial charge on any atom is 0.322 e.